The number of sulfonamides is 1. The molecule has 2 aromatic rings. The minimum Gasteiger partial charge on any atom is -0.452 e. The molecule has 0 fully saturated rings. The Balaban J connectivity index is 1.98. The number of rotatable bonds is 9. The zero-order valence-corrected chi connectivity index (χ0v) is 17.5. The average Bonchev–Trinajstić information content (AvgIpc) is 3.15. The quantitative estimate of drug-likeness (QED) is 0.571. The number of anilines is 1. The molecular weight excluding hydrogens is 418 g/mol. The highest BCUT2D eigenvalue weighted by Crippen LogP contribution is 2.22. The number of nitrogens with one attached hydrogen (secondary N) is 1. The lowest BCUT2D eigenvalue weighted by molar-refractivity contribution is -0.119. The Bertz CT molecular complexity index is 995. The van der Waals surface area contributed by atoms with E-state index in [-0.39, 0.29) is 21.0 Å². The monoisotopic (exact) mass is 439 g/mol. The minimum atomic E-state index is -3.63. The maximum atomic E-state index is 12.4. The summed E-state index contributed by atoms with van der Waals surface area (Å²) in [5.74, 6) is -2.10. The topological polar surface area (TPSA) is 136 Å². The van der Waals surface area contributed by atoms with Gasteiger partial charge in [0.25, 0.3) is 11.8 Å². The molecule has 0 aliphatic heterocycles. The van der Waals surface area contributed by atoms with Crippen LogP contribution in [0.25, 0.3) is 0 Å². The first-order chi connectivity index (χ1) is 13.7. The van der Waals surface area contributed by atoms with Crippen molar-refractivity contribution in [2.45, 2.75) is 18.7 Å². The predicted molar refractivity (Wildman–Crippen MR) is 108 cm³/mol. The molecule has 2 amide bonds. The fourth-order valence-corrected chi connectivity index (χ4v) is 4.72. The molecule has 3 N–H and O–H groups in total. The second-order valence-corrected chi connectivity index (χ2v) is 8.62. The predicted octanol–water partition coefficient (Wildman–Crippen LogP) is 1.67. The summed E-state index contributed by atoms with van der Waals surface area (Å²) in [6, 6.07) is 6.74. The van der Waals surface area contributed by atoms with Crippen molar-refractivity contribution in [3.8, 4) is 0 Å². The SMILES string of the molecule is CCN(CC)S(=O)(=O)c1ccc(C(=O)OCC(=O)Nc2sccc2C(N)=O)cc1. The highest BCUT2D eigenvalue weighted by molar-refractivity contribution is 7.89. The van der Waals surface area contributed by atoms with E-state index in [1.807, 2.05) is 0 Å². The summed E-state index contributed by atoms with van der Waals surface area (Å²) < 4.78 is 31.1. The van der Waals surface area contributed by atoms with E-state index in [4.69, 9.17) is 10.5 Å². The molecule has 156 valence electrons. The molecule has 9 nitrogen and oxygen atoms in total. The number of esters is 1. The Labute approximate surface area is 172 Å². The van der Waals surface area contributed by atoms with Crippen molar-refractivity contribution in [1.82, 2.24) is 4.31 Å². The highest BCUT2D eigenvalue weighted by atomic mass is 32.2. The first-order valence-corrected chi connectivity index (χ1v) is 11.0. The Hall–Kier alpha value is -2.76. The maximum Gasteiger partial charge on any atom is 0.338 e. The fraction of sp³-hybridized carbons (Fsp3) is 0.278. The first kappa shape index (κ1) is 22.5. The van der Waals surface area contributed by atoms with E-state index < -0.39 is 34.4 Å². The number of carbonyl (C=O) groups is 3. The van der Waals surface area contributed by atoms with Gasteiger partial charge in [0.1, 0.15) is 5.00 Å². The van der Waals surface area contributed by atoms with E-state index in [0.717, 1.165) is 11.3 Å². The lowest BCUT2D eigenvalue weighted by atomic mass is 10.2. The Morgan fingerprint density at radius 3 is 2.28 bits per heavy atom. The molecule has 0 atom stereocenters. The molecule has 0 aliphatic rings. The van der Waals surface area contributed by atoms with Crippen LogP contribution in [0.1, 0.15) is 34.6 Å². The van der Waals surface area contributed by atoms with Gasteiger partial charge in [0.05, 0.1) is 16.0 Å². The second-order valence-electron chi connectivity index (χ2n) is 5.77. The van der Waals surface area contributed by atoms with Gasteiger partial charge >= 0.3 is 5.97 Å². The van der Waals surface area contributed by atoms with E-state index in [1.54, 1.807) is 19.2 Å². The smallest absolute Gasteiger partial charge is 0.338 e. The van der Waals surface area contributed by atoms with Crippen molar-refractivity contribution in [3.63, 3.8) is 0 Å². The van der Waals surface area contributed by atoms with Crippen LogP contribution in [-0.4, -0.2) is 50.2 Å². The number of hydrogen-bond acceptors (Lipinski definition) is 7. The van der Waals surface area contributed by atoms with Crippen LogP contribution >= 0.6 is 11.3 Å². The van der Waals surface area contributed by atoms with Crippen molar-refractivity contribution in [2.24, 2.45) is 5.73 Å². The maximum absolute atomic E-state index is 12.4. The van der Waals surface area contributed by atoms with E-state index in [1.165, 1.54) is 34.6 Å². The molecule has 0 spiro atoms. The zero-order chi connectivity index (χ0) is 21.6. The number of hydrogen-bond donors (Lipinski definition) is 2. The molecule has 0 unspecified atom stereocenters. The molecule has 1 aromatic carbocycles. The van der Waals surface area contributed by atoms with Crippen LogP contribution in [0.2, 0.25) is 0 Å². The number of nitrogens with two attached hydrogens (primary N) is 1. The summed E-state index contributed by atoms with van der Waals surface area (Å²) in [5.41, 5.74) is 5.47. The molecule has 0 saturated heterocycles. The van der Waals surface area contributed by atoms with Crippen molar-refractivity contribution < 1.29 is 27.5 Å². The average molecular weight is 440 g/mol. The summed E-state index contributed by atoms with van der Waals surface area (Å²) in [6.45, 7) is 3.56. The van der Waals surface area contributed by atoms with Gasteiger partial charge in [-0.3, -0.25) is 9.59 Å². The standard InChI is InChI=1S/C18H21N3O6S2/c1-3-21(4-2)29(25,26)13-7-5-12(6-8-13)18(24)27-11-15(22)20-17-14(16(19)23)9-10-28-17/h5-10H,3-4,11H2,1-2H3,(H2,19,23)(H,20,22). The number of benzene rings is 1. The van der Waals surface area contributed by atoms with E-state index in [0.29, 0.717) is 13.1 Å². The van der Waals surface area contributed by atoms with Gasteiger partial charge in [0.15, 0.2) is 6.61 Å². The molecule has 11 heteroatoms. The molecule has 0 radical (unpaired) electrons. The van der Waals surface area contributed by atoms with Crippen molar-refractivity contribution in [3.05, 3.63) is 46.8 Å². The molecule has 0 bridgehead atoms. The molecule has 1 aromatic heterocycles. The van der Waals surface area contributed by atoms with Crippen LogP contribution < -0.4 is 11.1 Å². The molecule has 1 heterocycles. The van der Waals surface area contributed by atoms with E-state index in [9.17, 15) is 22.8 Å². The van der Waals surface area contributed by atoms with Crippen LogP contribution in [-0.2, 0) is 19.6 Å². The largest absolute Gasteiger partial charge is 0.452 e. The van der Waals surface area contributed by atoms with Gasteiger partial charge in [-0.2, -0.15) is 4.31 Å². The second kappa shape index (κ2) is 9.63. The Kier molecular flexibility index (Phi) is 7.48. The number of primary amides is 1. The van der Waals surface area contributed by atoms with Crippen LogP contribution in [0.5, 0.6) is 0 Å². The molecular formula is C18H21N3O6S2. The summed E-state index contributed by atoms with van der Waals surface area (Å²) in [6.07, 6.45) is 0. The van der Waals surface area contributed by atoms with Crippen LogP contribution in [0.4, 0.5) is 5.00 Å². The summed E-state index contributed by atoms with van der Waals surface area (Å²) in [4.78, 5) is 35.3. The molecule has 2 rings (SSSR count). The first-order valence-electron chi connectivity index (χ1n) is 8.65. The number of thiophene rings is 1. The van der Waals surface area contributed by atoms with Crippen LogP contribution in [0, 0.1) is 0 Å². The number of nitrogens with zero attached hydrogens (tertiary/aromatic N) is 1. The minimum absolute atomic E-state index is 0.0622. The van der Waals surface area contributed by atoms with Crippen LogP contribution in [0.3, 0.4) is 0 Å². The van der Waals surface area contributed by atoms with Gasteiger partial charge < -0.3 is 15.8 Å². The third-order valence-corrected chi connectivity index (χ3v) is 6.85. The van der Waals surface area contributed by atoms with Crippen LogP contribution in [0.15, 0.2) is 40.6 Å². The highest BCUT2D eigenvalue weighted by Gasteiger charge is 2.22. The zero-order valence-electron chi connectivity index (χ0n) is 15.9. The summed E-state index contributed by atoms with van der Waals surface area (Å²) in [5, 5.41) is 4.31. The number of carbonyl (C=O) groups excluding carboxylic acids is 3. The van der Waals surface area contributed by atoms with Crippen molar-refractivity contribution >= 4 is 44.1 Å². The third-order valence-electron chi connectivity index (χ3n) is 3.95. The van der Waals surface area contributed by atoms with Gasteiger partial charge in [0, 0.05) is 13.1 Å². The molecule has 0 saturated carbocycles. The summed E-state index contributed by atoms with van der Waals surface area (Å²) in [7, 11) is -3.63. The number of amides is 2. The van der Waals surface area contributed by atoms with Gasteiger partial charge in [0.2, 0.25) is 10.0 Å². The lowest BCUT2D eigenvalue weighted by Crippen LogP contribution is -2.30. The fourth-order valence-electron chi connectivity index (χ4n) is 2.45. The van der Waals surface area contributed by atoms with Gasteiger partial charge in [-0.1, -0.05) is 13.8 Å². The molecule has 0 aliphatic carbocycles. The van der Waals surface area contributed by atoms with Gasteiger partial charge in [-0.05, 0) is 35.7 Å². The Morgan fingerprint density at radius 2 is 1.72 bits per heavy atom. The molecule has 29 heavy (non-hydrogen) atoms. The van der Waals surface area contributed by atoms with E-state index >= 15 is 0 Å². The van der Waals surface area contributed by atoms with Crippen molar-refractivity contribution in [1.29, 1.82) is 0 Å². The normalized spacial score (nSPS) is 11.3. The Morgan fingerprint density at radius 1 is 1.10 bits per heavy atom. The summed E-state index contributed by atoms with van der Waals surface area (Å²) >= 11 is 1.11. The van der Waals surface area contributed by atoms with Gasteiger partial charge in [-0.15, -0.1) is 11.3 Å². The number of ether oxygens (including phenoxy) is 1. The third kappa shape index (κ3) is 5.40. The lowest BCUT2D eigenvalue weighted by Gasteiger charge is -2.18. The van der Waals surface area contributed by atoms with Gasteiger partial charge in [-0.25, -0.2) is 13.2 Å². The van der Waals surface area contributed by atoms with Crippen molar-refractivity contribution in [2.75, 3.05) is 25.0 Å². The van der Waals surface area contributed by atoms with E-state index in [2.05, 4.69) is 5.32 Å².